The van der Waals surface area contributed by atoms with Crippen LogP contribution in [0.2, 0.25) is 0 Å². The van der Waals surface area contributed by atoms with Crippen LogP contribution in [0.15, 0.2) is 36.4 Å². The molecule has 3 fully saturated rings. The first-order valence-corrected chi connectivity index (χ1v) is 13.1. The van der Waals surface area contributed by atoms with Gasteiger partial charge in [0.15, 0.2) is 0 Å². The van der Waals surface area contributed by atoms with Crippen molar-refractivity contribution in [3.63, 3.8) is 0 Å². The van der Waals surface area contributed by atoms with Crippen LogP contribution in [0.1, 0.15) is 65.4 Å². The second kappa shape index (κ2) is 8.68. The summed E-state index contributed by atoms with van der Waals surface area (Å²) in [5, 5.41) is 6.11. The van der Waals surface area contributed by atoms with Gasteiger partial charge in [0.2, 0.25) is 17.7 Å². The second-order valence-electron chi connectivity index (χ2n) is 11.5. The van der Waals surface area contributed by atoms with E-state index in [1.54, 1.807) is 17.0 Å². The summed E-state index contributed by atoms with van der Waals surface area (Å²) in [5.41, 5.74) is -2.04. The molecule has 7 nitrogen and oxygen atoms in total. The third-order valence-electron chi connectivity index (χ3n) is 8.83. The highest BCUT2D eigenvalue weighted by Gasteiger charge is 2.77. The Morgan fingerprint density at radius 3 is 2.44 bits per heavy atom. The quantitative estimate of drug-likeness (QED) is 0.567. The first-order valence-electron chi connectivity index (χ1n) is 13.1. The van der Waals surface area contributed by atoms with Crippen molar-refractivity contribution < 1.29 is 23.5 Å². The zero-order chi connectivity index (χ0) is 25.9. The minimum atomic E-state index is -1.20. The van der Waals surface area contributed by atoms with E-state index in [2.05, 4.69) is 10.6 Å². The predicted octanol–water partition coefficient (Wildman–Crippen LogP) is 3.23. The molecule has 8 heteroatoms. The minimum Gasteiger partial charge on any atom is -0.356 e. The highest BCUT2D eigenvalue weighted by Crippen LogP contribution is 2.60. The van der Waals surface area contributed by atoms with Crippen molar-refractivity contribution in [2.24, 2.45) is 11.8 Å². The van der Waals surface area contributed by atoms with E-state index in [1.807, 2.05) is 39.8 Å². The summed E-state index contributed by atoms with van der Waals surface area (Å²) in [7, 11) is 0. The zero-order valence-corrected chi connectivity index (χ0v) is 21.5. The zero-order valence-electron chi connectivity index (χ0n) is 21.5. The van der Waals surface area contributed by atoms with E-state index in [0.717, 1.165) is 31.2 Å². The summed E-state index contributed by atoms with van der Waals surface area (Å²) < 4.78 is 19.8. The van der Waals surface area contributed by atoms with Crippen LogP contribution < -0.4 is 10.6 Å². The van der Waals surface area contributed by atoms with Crippen molar-refractivity contribution in [1.82, 2.24) is 15.5 Å². The van der Waals surface area contributed by atoms with Crippen molar-refractivity contribution in [1.29, 1.82) is 0 Å². The van der Waals surface area contributed by atoms with E-state index in [4.69, 9.17) is 4.74 Å². The molecule has 1 saturated carbocycles. The topological polar surface area (TPSA) is 87.7 Å². The van der Waals surface area contributed by atoms with Gasteiger partial charge in [-0.05, 0) is 57.7 Å². The molecule has 0 unspecified atom stereocenters. The SMILES string of the molecule is CCC(C)(C)N1C(=O)[C@H]2[C@@H](C(=O)NCc3ccc(F)cc3)[C@@]3(C)C=C[C@]2(O3)[C@H]1C(=O)NC1CCCC1. The number of benzene rings is 1. The van der Waals surface area contributed by atoms with Crippen molar-refractivity contribution in [3.05, 3.63) is 47.8 Å². The maximum Gasteiger partial charge on any atom is 0.246 e. The van der Waals surface area contributed by atoms with Crippen LogP contribution in [0.3, 0.4) is 0 Å². The molecular weight excluding hydrogens is 461 g/mol. The van der Waals surface area contributed by atoms with Crippen molar-refractivity contribution >= 4 is 17.7 Å². The third kappa shape index (κ3) is 3.76. The molecule has 4 aliphatic rings. The molecule has 3 amide bonds. The monoisotopic (exact) mass is 497 g/mol. The lowest BCUT2D eigenvalue weighted by Gasteiger charge is -2.42. The van der Waals surface area contributed by atoms with Gasteiger partial charge in [-0.25, -0.2) is 4.39 Å². The molecule has 5 rings (SSSR count). The van der Waals surface area contributed by atoms with Gasteiger partial charge in [-0.3, -0.25) is 14.4 Å². The number of carbonyl (C=O) groups is 3. The molecular formula is C28H36FN3O4. The largest absolute Gasteiger partial charge is 0.356 e. The average molecular weight is 498 g/mol. The van der Waals surface area contributed by atoms with Gasteiger partial charge >= 0.3 is 0 Å². The molecule has 2 N–H and O–H groups in total. The number of hydrogen-bond acceptors (Lipinski definition) is 4. The van der Waals surface area contributed by atoms with Gasteiger partial charge in [0.25, 0.3) is 0 Å². The number of likely N-dealkylation sites (tertiary alicyclic amines) is 1. The van der Waals surface area contributed by atoms with Crippen LogP contribution >= 0.6 is 0 Å². The van der Waals surface area contributed by atoms with Gasteiger partial charge in [-0.1, -0.05) is 44.1 Å². The average Bonchev–Trinajstić information content (AvgIpc) is 3.58. The fourth-order valence-electron chi connectivity index (χ4n) is 6.61. The molecule has 0 radical (unpaired) electrons. The van der Waals surface area contributed by atoms with E-state index in [-0.39, 0.29) is 36.1 Å². The summed E-state index contributed by atoms with van der Waals surface area (Å²) in [4.78, 5) is 43.2. The molecule has 3 heterocycles. The van der Waals surface area contributed by atoms with Crippen LogP contribution in [-0.2, 0) is 25.7 Å². The summed E-state index contributed by atoms with van der Waals surface area (Å²) in [6, 6.07) is 5.18. The first-order chi connectivity index (χ1) is 17.0. The Labute approximate surface area is 211 Å². The van der Waals surface area contributed by atoms with Crippen LogP contribution in [-0.4, -0.2) is 51.4 Å². The maximum atomic E-state index is 14.1. The van der Waals surface area contributed by atoms with Gasteiger partial charge < -0.3 is 20.3 Å². The highest BCUT2D eigenvalue weighted by atomic mass is 19.1. The molecule has 3 aliphatic heterocycles. The number of amides is 3. The number of ether oxygens (including phenoxy) is 1. The molecule has 1 spiro atoms. The van der Waals surface area contributed by atoms with Gasteiger partial charge in [-0.2, -0.15) is 0 Å². The number of carbonyl (C=O) groups excluding carboxylic acids is 3. The molecule has 2 saturated heterocycles. The van der Waals surface area contributed by atoms with Crippen LogP contribution in [0.25, 0.3) is 0 Å². The Kier molecular flexibility index (Phi) is 6.01. The fourth-order valence-corrected chi connectivity index (χ4v) is 6.61. The third-order valence-corrected chi connectivity index (χ3v) is 8.83. The summed E-state index contributed by atoms with van der Waals surface area (Å²) in [5.74, 6) is -2.66. The lowest BCUT2D eigenvalue weighted by atomic mass is 9.70. The molecule has 1 aliphatic carbocycles. The smallest absolute Gasteiger partial charge is 0.246 e. The molecule has 0 aromatic heterocycles. The number of nitrogens with zero attached hydrogens (tertiary/aromatic N) is 1. The van der Waals surface area contributed by atoms with Gasteiger partial charge in [0.1, 0.15) is 17.5 Å². The van der Waals surface area contributed by atoms with Gasteiger partial charge in [-0.15, -0.1) is 0 Å². The Bertz CT molecular complexity index is 1100. The highest BCUT2D eigenvalue weighted by molar-refractivity contribution is 6.00. The molecule has 36 heavy (non-hydrogen) atoms. The van der Waals surface area contributed by atoms with Crippen molar-refractivity contribution in [2.45, 2.75) is 95.2 Å². The van der Waals surface area contributed by atoms with Gasteiger partial charge in [0.05, 0.1) is 17.4 Å². The number of hydrogen-bond donors (Lipinski definition) is 2. The predicted molar refractivity (Wildman–Crippen MR) is 132 cm³/mol. The number of halogens is 1. The lowest BCUT2D eigenvalue weighted by molar-refractivity contribution is -0.151. The second-order valence-corrected chi connectivity index (χ2v) is 11.5. The minimum absolute atomic E-state index is 0.0996. The van der Waals surface area contributed by atoms with E-state index in [0.29, 0.717) is 6.42 Å². The molecule has 2 bridgehead atoms. The normalized spacial score (nSPS) is 33.3. The van der Waals surface area contributed by atoms with Crippen LogP contribution in [0, 0.1) is 17.7 Å². The Morgan fingerprint density at radius 2 is 1.81 bits per heavy atom. The number of rotatable bonds is 7. The molecule has 1 aromatic carbocycles. The number of nitrogens with one attached hydrogen (secondary N) is 2. The molecule has 5 atom stereocenters. The van der Waals surface area contributed by atoms with E-state index >= 15 is 0 Å². The van der Waals surface area contributed by atoms with Crippen LogP contribution in [0.5, 0.6) is 0 Å². The van der Waals surface area contributed by atoms with E-state index in [1.165, 1.54) is 12.1 Å². The van der Waals surface area contributed by atoms with Crippen molar-refractivity contribution in [3.8, 4) is 0 Å². The first kappa shape index (κ1) is 24.9. The van der Waals surface area contributed by atoms with E-state index in [9.17, 15) is 18.8 Å². The Morgan fingerprint density at radius 1 is 1.14 bits per heavy atom. The summed E-state index contributed by atoms with van der Waals surface area (Å²) in [6.07, 6.45) is 8.37. The van der Waals surface area contributed by atoms with Crippen molar-refractivity contribution in [2.75, 3.05) is 0 Å². The maximum absolute atomic E-state index is 14.1. The summed E-state index contributed by atoms with van der Waals surface area (Å²) >= 11 is 0. The van der Waals surface area contributed by atoms with Crippen LogP contribution in [0.4, 0.5) is 4.39 Å². The Hall–Kier alpha value is -2.74. The Balaban J connectivity index is 1.47. The summed E-state index contributed by atoms with van der Waals surface area (Å²) in [6.45, 7) is 7.93. The lowest BCUT2D eigenvalue weighted by Crippen LogP contribution is -2.60. The van der Waals surface area contributed by atoms with Gasteiger partial charge in [0, 0.05) is 18.1 Å². The fraction of sp³-hybridized carbons (Fsp3) is 0.607. The molecule has 194 valence electrons. The standard InChI is InChI=1S/C28H36FN3O4/c1-5-26(2,3)32-22(24(34)31-19-8-6-7-9-19)28-15-14-27(4,36-28)20(21(28)25(32)35)23(33)30-16-17-10-12-18(29)13-11-17/h10-15,19-22H,5-9,16H2,1-4H3,(H,30,33)(H,31,34)/t20-,21+,22+,27+,28+/m0/s1. The van der Waals surface area contributed by atoms with E-state index < -0.39 is 34.6 Å². The number of fused-ring (bicyclic) bond motifs is 1. The molecule has 1 aromatic rings.